The van der Waals surface area contributed by atoms with Crippen molar-refractivity contribution < 1.29 is 9.84 Å². The molecule has 1 heterocycles. The lowest BCUT2D eigenvalue weighted by Crippen LogP contribution is -1.87. The summed E-state index contributed by atoms with van der Waals surface area (Å²) in [6, 6.07) is 2.64. The van der Waals surface area contributed by atoms with Crippen LogP contribution in [0.2, 0.25) is 0 Å². The number of nitrogens with zero attached hydrogens (tertiary/aromatic N) is 1. The van der Waals surface area contributed by atoms with E-state index in [4.69, 9.17) is 4.74 Å². The van der Waals surface area contributed by atoms with E-state index >= 15 is 0 Å². The maximum absolute atomic E-state index is 9.18. The minimum atomic E-state index is 0.0602. The van der Waals surface area contributed by atoms with Gasteiger partial charge in [-0.3, -0.25) is 4.98 Å². The Labute approximate surface area is 59.3 Å². The molecule has 0 atom stereocenters. The zero-order valence-corrected chi connectivity index (χ0v) is 5.88. The van der Waals surface area contributed by atoms with Gasteiger partial charge in [0.05, 0.1) is 18.9 Å². The molecule has 3 heteroatoms. The summed E-state index contributed by atoms with van der Waals surface area (Å²) in [7, 11) is 1.48. The van der Waals surface area contributed by atoms with E-state index in [0.717, 1.165) is 0 Å². The Hall–Kier alpha value is -1.25. The Morgan fingerprint density at radius 2 is 2.40 bits per heavy atom. The van der Waals surface area contributed by atoms with Gasteiger partial charge in [-0.25, -0.2) is 0 Å². The van der Waals surface area contributed by atoms with Crippen molar-refractivity contribution in [2.24, 2.45) is 0 Å². The van der Waals surface area contributed by atoms with Crippen LogP contribution in [0, 0.1) is 13.0 Å². The average Bonchev–Trinajstić information content (AvgIpc) is 1.95. The van der Waals surface area contributed by atoms with Crippen LogP contribution in [0.15, 0.2) is 6.20 Å². The summed E-state index contributed by atoms with van der Waals surface area (Å²) in [4.78, 5) is 3.80. The van der Waals surface area contributed by atoms with Crippen LogP contribution in [-0.2, 0) is 0 Å². The number of aryl methyl sites for hydroxylation is 1. The average molecular weight is 138 g/mol. The van der Waals surface area contributed by atoms with Gasteiger partial charge >= 0.3 is 0 Å². The molecule has 0 saturated heterocycles. The second kappa shape index (κ2) is 2.56. The van der Waals surface area contributed by atoms with Crippen molar-refractivity contribution in [3.05, 3.63) is 18.0 Å². The highest BCUT2D eigenvalue weighted by atomic mass is 16.5. The summed E-state index contributed by atoms with van der Waals surface area (Å²) < 4.78 is 4.78. The smallest absolute Gasteiger partial charge is 0.180 e. The first-order valence-corrected chi connectivity index (χ1v) is 2.86. The summed E-state index contributed by atoms with van der Waals surface area (Å²) in [5, 5.41) is 9.18. The molecule has 0 spiro atoms. The number of pyridine rings is 1. The normalized spacial score (nSPS) is 9.40. The van der Waals surface area contributed by atoms with Crippen LogP contribution in [-0.4, -0.2) is 17.2 Å². The number of ether oxygens (including phenoxy) is 1. The predicted molar refractivity (Wildman–Crippen MR) is 36.0 cm³/mol. The second-order valence-electron chi connectivity index (χ2n) is 1.87. The summed E-state index contributed by atoms with van der Waals surface area (Å²) in [5.74, 6) is 0.400. The van der Waals surface area contributed by atoms with Crippen LogP contribution in [0.1, 0.15) is 5.69 Å². The van der Waals surface area contributed by atoms with E-state index in [9.17, 15) is 5.11 Å². The maximum atomic E-state index is 9.18. The van der Waals surface area contributed by atoms with E-state index in [1.807, 2.05) is 0 Å². The quantitative estimate of drug-likeness (QED) is 0.627. The molecule has 10 heavy (non-hydrogen) atoms. The molecule has 53 valence electrons. The lowest BCUT2D eigenvalue weighted by atomic mass is 10.3. The first-order chi connectivity index (χ1) is 4.75. The number of aromatic nitrogens is 1. The van der Waals surface area contributed by atoms with E-state index in [1.165, 1.54) is 13.3 Å². The third-order valence-electron chi connectivity index (χ3n) is 1.22. The SMILES string of the molecule is COc1[c]cnc(C)c1O. The molecule has 0 fully saturated rings. The van der Waals surface area contributed by atoms with Gasteiger partial charge < -0.3 is 9.84 Å². The van der Waals surface area contributed by atoms with Crippen molar-refractivity contribution in [1.29, 1.82) is 0 Å². The van der Waals surface area contributed by atoms with Gasteiger partial charge in [-0.05, 0) is 6.92 Å². The third kappa shape index (κ3) is 1.03. The molecule has 1 N–H and O–H groups in total. The molecule has 1 aromatic heterocycles. The zero-order chi connectivity index (χ0) is 7.56. The van der Waals surface area contributed by atoms with Gasteiger partial charge in [0.15, 0.2) is 11.5 Å². The van der Waals surface area contributed by atoms with Crippen molar-refractivity contribution in [3.8, 4) is 11.5 Å². The fraction of sp³-hybridized carbons (Fsp3) is 0.286. The molecular formula is C7H8NO2. The zero-order valence-electron chi connectivity index (χ0n) is 5.88. The Bertz CT molecular complexity index is 235. The van der Waals surface area contributed by atoms with Crippen molar-refractivity contribution in [1.82, 2.24) is 4.98 Å². The summed E-state index contributed by atoms with van der Waals surface area (Å²) in [5.41, 5.74) is 0.551. The number of hydrogen-bond acceptors (Lipinski definition) is 3. The van der Waals surface area contributed by atoms with Crippen LogP contribution >= 0.6 is 0 Å². The van der Waals surface area contributed by atoms with Gasteiger partial charge in [-0.1, -0.05) is 0 Å². The molecular weight excluding hydrogens is 130 g/mol. The summed E-state index contributed by atoms with van der Waals surface area (Å²) in [6.45, 7) is 1.70. The molecule has 0 aliphatic heterocycles. The minimum Gasteiger partial charge on any atom is -0.503 e. The van der Waals surface area contributed by atoms with Gasteiger partial charge in [0.2, 0.25) is 0 Å². The monoisotopic (exact) mass is 138 g/mol. The Balaban J connectivity index is 3.14. The van der Waals surface area contributed by atoms with E-state index in [0.29, 0.717) is 11.4 Å². The molecule has 0 amide bonds. The van der Waals surface area contributed by atoms with Gasteiger partial charge in [-0.15, -0.1) is 0 Å². The Morgan fingerprint density at radius 3 is 2.90 bits per heavy atom. The second-order valence-corrected chi connectivity index (χ2v) is 1.87. The Morgan fingerprint density at radius 1 is 1.70 bits per heavy atom. The third-order valence-corrected chi connectivity index (χ3v) is 1.22. The standard InChI is InChI=1S/C7H8NO2/c1-5-7(9)6(10-2)3-4-8-5/h4,9H,1-2H3. The number of methoxy groups -OCH3 is 1. The van der Waals surface area contributed by atoms with Crippen molar-refractivity contribution in [2.75, 3.05) is 7.11 Å². The first kappa shape index (κ1) is 6.86. The molecule has 0 aliphatic carbocycles. The number of hydrogen-bond donors (Lipinski definition) is 1. The molecule has 3 nitrogen and oxygen atoms in total. The molecule has 0 unspecified atom stereocenters. The lowest BCUT2D eigenvalue weighted by molar-refractivity contribution is 0.369. The molecule has 1 rings (SSSR count). The van der Waals surface area contributed by atoms with E-state index in [2.05, 4.69) is 11.1 Å². The predicted octanol–water partition coefficient (Wildman–Crippen LogP) is 0.904. The van der Waals surface area contributed by atoms with E-state index in [1.54, 1.807) is 6.92 Å². The molecule has 0 aromatic carbocycles. The van der Waals surface area contributed by atoms with Crippen LogP contribution in [0.3, 0.4) is 0 Å². The molecule has 1 radical (unpaired) electrons. The fourth-order valence-corrected chi connectivity index (χ4v) is 0.637. The highest BCUT2D eigenvalue weighted by molar-refractivity contribution is 5.39. The van der Waals surface area contributed by atoms with E-state index < -0.39 is 0 Å². The van der Waals surface area contributed by atoms with Gasteiger partial charge in [0, 0.05) is 6.20 Å². The molecule has 0 bridgehead atoms. The summed E-state index contributed by atoms with van der Waals surface area (Å²) >= 11 is 0. The topological polar surface area (TPSA) is 42.4 Å². The number of aromatic hydroxyl groups is 1. The molecule has 0 saturated carbocycles. The Kier molecular flexibility index (Phi) is 1.76. The minimum absolute atomic E-state index is 0.0602. The lowest BCUT2D eigenvalue weighted by Gasteiger charge is -2.02. The number of rotatable bonds is 1. The van der Waals surface area contributed by atoms with Gasteiger partial charge in [0.25, 0.3) is 0 Å². The van der Waals surface area contributed by atoms with Crippen molar-refractivity contribution >= 4 is 0 Å². The highest BCUT2D eigenvalue weighted by Gasteiger charge is 2.02. The fourth-order valence-electron chi connectivity index (χ4n) is 0.637. The van der Waals surface area contributed by atoms with Crippen LogP contribution in [0.4, 0.5) is 0 Å². The van der Waals surface area contributed by atoms with Crippen molar-refractivity contribution in [3.63, 3.8) is 0 Å². The van der Waals surface area contributed by atoms with Crippen LogP contribution in [0.25, 0.3) is 0 Å². The van der Waals surface area contributed by atoms with Crippen molar-refractivity contribution in [2.45, 2.75) is 6.92 Å². The maximum Gasteiger partial charge on any atom is 0.180 e. The van der Waals surface area contributed by atoms with Crippen LogP contribution < -0.4 is 4.74 Å². The first-order valence-electron chi connectivity index (χ1n) is 2.86. The van der Waals surface area contributed by atoms with Crippen LogP contribution in [0.5, 0.6) is 11.5 Å². The van der Waals surface area contributed by atoms with Gasteiger partial charge in [-0.2, -0.15) is 0 Å². The van der Waals surface area contributed by atoms with Gasteiger partial charge in [0.1, 0.15) is 0 Å². The van der Waals surface area contributed by atoms with E-state index in [-0.39, 0.29) is 5.75 Å². The molecule has 0 aliphatic rings. The highest BCUT2D eigenvalue weighted by Crippen LogP contribution is 2.25. The molecule has 1 aromatic rings. The summed E-state index contributed by atoms with van der Waals surface area (Å²) in [6.07, 6.45) is 1.47. The largest absolute Gasteiger partial charge is 0.503 e.